The zero-order chi connectivity index (χ0) is 13.0. The van der Waals surface area contributed by atoms with E-state index in [9.17, 15) is 0 Å². The number of aromatic nitrogens is 2. The molecule has 0 bridgehead atoms. The van der Waals surface area contributed by atoms with Crippen molar-refractivity contribution in [3.63, 3.8) is 0 Å². The molecule has 0 radical (unpaired) electrons. The van der Waals surface area contributed by atoms with E-state index in [0.717, 1.165) is 17.1 Å². The Morgan fingerprint density at radius 2 is 2.11 bits per heavy atom. The third-order valence-electron chi connectivity index (χ3n) is 2.56. The van der Waals surface area contributed by atoms with Crippen molar-refractivity contribution in [3.05, 3.63) is 36.0 Å². The molecular formula is C13H17N3O2. The maximum absolute atomic E-state index is 5.67. The lowest BCUT2D eigenvalue weighted by Gasteiger charge is -2.11. The summed E-state index contributed by atoms with van der Waals surface area (Å²) in [6.07, 6.45) is 1.82. The van der Waals surface area contributed by atoms with Crippen LogP contribution in [-0.2, 0) is 6.54 Å². The van der Waals surface area contributed by atoms with Gasteiger partial charge in [-0.25, -0.2) is 0 Å². The fourth-order valence-electron chi connectivity index (χ4n) is 1.65. The van der Waals surface area contributed by atoms with Crippen molar-refractivity contribution >= 4 is 5.82 Å². The summed E-state index contributed by atoms with van der Waals surface area (Å²) < 4.78 is 12.7. The Balaban J connectivity index is 1.94. The van der Waals surface area contributed by atoms with Crippen molar-refractivity contribution in [1.82, 2.24) is 9.78 Å². The molecule has 0 saturated heterocycles. The molecule has 1 aromatic heterocycles. The van der Waals surface area contributed by atoms with Gasteiger partial charge in [0.05, 0.1) is 13.7 Å². The number of methoxy groups -OCH3 is 1. The molecular weight excluding hydrogens is 230 g/mol. The van der Waals surface area contributed by atoms with Crippen LogP contribution in [0.25, 0.3) is 0 Å². The summed E-state index contributed by atoms with van der Waals surface area (Å²) in [5, 5.41) is 4.08. The van der Waals surface area contributed by atoms with Crippen molar-refractivity contribution < 1.29 is 9.47 Å². The molecule has 1 heterocycles. The van der Waals surface area contributed by atoms with Crippen LogP contribution in [-0.4, -0.2) is 23.5 Å². The first-order valence-electron chi connectivity index (χ1n) is 5.75. The molecule has 5 nitrogen and oxygen atoms in total. The standard InChI is InChI=1S/C13H17N3O2/c1-10-3-4-11(12(9-10)17-2)18-8-7-16-6-5-13(14)15-16/h3-6,9H,7-8H2,1-2H3,(H2,14,15). The summed E-state index contributed by atoms with van der Waals surface area (Å²) in [4.78, 5) is 0. The third-order valence-corrected chi connectivity index (χ3v) is 2.56. The molecule has 0 aliphatic rings. The average Bonchev–Trinajstić information content (AvgIpc) is 2.77. The van der Waals surface area contributed by atoms with Gasteiger partial charge in [-0.1, -0.05) is 6.07 Å². The molecule has 96 valence electrons. The molecule has 2 rings (SSSR count). The molecule has 5 heteroatoms. The van der Waals surface area contributed by atoms with Gasteiger partial charge in [0.2, 0.25) is 0 Å². The minimum atomic E-state index is 0.514. The predicted octanol–water partition coefficient (Wildman–Crippen LogP) is 1.86. The van der Waals surface area contributed by atoms with Crippen LogP contribution in [0.4, 0.5) is 5.82 Å². The topological polar surface area (TPSA) is 62.3 Å². The maximum atomic E-state index is 5.67. The Labute approximate surface area is 106 Å². The summed E-state index contributed by atoms with van der Waals surface area (Å²) >= 11 is 0. The fourth-order valence-corrected chi connectivity index (χ4v) is 1.65. The Bertz CT molecular complexity index is 523. The van der Waals surface area contributed by atoms with Gasteiger partial charge < -0.3 is 15.2 Å². The number of hydrogen-bond donors (Lipinski definition) is 1. The summed E-state index contributed by atoms with van der Waals surface area (Å²) in [5.41, 5.74) is 6.67. The first kappa shape index (κ1) is 12.3. The SMILES string of the molecule is COc1cc(C)ccc1OCCn1ccc(N)n1. The van der Waals surface area contributed by atoms with Gasteiger partial charge in [0.1, 0.15) is 12.4 Å². The van der Waals surface area contributed by atoms with E-state index in [2.05, 4.69) is 5.10 Å². The van der Waals surface area contributed by atoms with Crippen molar-refractivity contribution in [2.24, 2.45) is 0 Å². The number of aryl methyl sites for hydroxylation is 1. The van der Waals surface area contributed by atoms with Gasteiger partial charge in [0.15, 0.2) is 11.5 Å². The molecule has 0 spiro atoms. The van der Waals surface area contributed by atoms with E-state index in [1.807, 2.05) is 31.3 Å². The van der Waals surface area contributed by atoms with Gasteiger partial charge >= 0.3 is 0 Å². The molecule has 18 heavy (non-hydrogen) atoms. The maximum Gasteiger partial charge on any atom is 0.161 e. The smallest absolute Gasteiger partial charge is 0.161 e. The number of anilines is 1. The molecule has 0 aliphatic carbocycles. The van der Waals surface area contributed by atoms with E-state index in [4.69, 9.17) is 15.2 Å². The van der Waals surface area contributed by atoms with E-state index in [1.54, 1.807) is 17.9 Å². The number of ether oxygens (including phenoxy) is 2. The Morgan fingerprint density at radius 3 is 2.78 bits per heavy atom. The van der Waals surface area contributed by atoms with Crippen molar-refractivity contribution in [1.29, 1.82) is 0 Å². The van der Waals surface area contributed by atoms with Gasteiger partial charge in [-0.3, -0.25) is 4.68 Å². The number of nitrogen functional groups attached to an aromatic ring is 1. The van der Waals surface area contributed by atoms with Crippen LogP contribution in [0.2, 0.25) is 0 Å². The van der Waals surface area contributed by atoms with E-state index >= 15 is 0 Å². The second kappa shape index (κ2) is 5.44. The van der Waals surface area contributed by atoms with Gasteiger partial charge in [0.25, 0.3) is 0 Å². The van der Waals surface area contributed by atoms with Gasteiger partial charge in [-0.2, -0.15) is 5.10 Å². The van der Waals surface area contributed by atoms with Crippen LogP contribution < -0.4 is 15.2 Å². The molecule has 1 aromatic carbocycles. The van der Waals surface area contributed by atoms with Crippen molar-refractivity contribution in [3.8, 4) is 11.5 Å². The van der Waals surface area contributed by atoms with Gasteiger partial charge in [0, 0.05) is 6.20 Å². The second-order valence-electron chi connectivity index (χ2n) is 4.01. The lowest BCUT2D eigenvalue weighted by molar-refractivity contribution is 0.274. The molecule has 0 saturated carbocycles. The van der Waals surface area contributed by atoms with Crippen molar-refractivity contribution in [2.75, 3.05) is 19.5 Å². The summed E-state index contributed by atoms with van der Waals surface area (Å²) in [7, 11) is 1.63. The minimum absolute atomic E-state index is 0.514. The zero-order valence-corrected chi connectivity index (χ0v) is 10.6. The van der Waals surface area contributed by atoms with E-state index < -0.39 is 0 Å². The molecule has 0 atom stereocenters. The van der Waals surface area contributed by atoms with Crippen LogP contribution in [0.1, 0.15) is 5.56 Å². The van der Waals surface area contributed by atoms with Crippen LogP contribution in [0, 0.1) is 6.92 Å². The van der Waals surface area contributed by atoms with E-state index in [-0.39, 0.29) is 0 Å². The Hall–Kier alpha value is -2.17. The van der Waals surface area contributed by atoms with Crippen LogP contribution >= 0.6 is 0 Å². The normalized spacial score (nSPS) is 10.3. The minimum Gasteiger partial charge on any atom is -0.493 e. The monoisotopic (exact) mass is 247 g/mol. The van der Waals surface area contributed by atoms with Crippen LogP contribution in [0.15, 0.2) is 30.5 Å². The second-order valence-corrected chi connectivity index (χ2v) is 4.01. The molecule has 2 N–H and O–H groups in total. The highest BCUT2D eigenvalue weighted by molar-refractivity contribution is 5.42. The number of rotatable bonds is 5. The van der Waals surface area contributed by atoms with Gasteiger partial charge in [-0.15, -0.1) is 0 Å². The van der Waals surface area contributed by atoms with E-state index in [1.165, 1.54) is 0 Å². The first-order chi connectivity index (χ1) is 8.69. The Morgan fingerprint density at radius 1 is 1.28 bits per heavy atom. The highest BCUT2D eigenvalue weighted by Crippen LogP contribution is 2.27. The number of hydrogen-bond acceptors (Lipinski definition) is 4. The summed E-state index contributed by atoms with van der Waals surface area (Å²) in [6, 6.07) is 7.60. The van der Waals surface area contributed by atoms with Crippen molar-refractivity contribution in [2.45, 2.75) is 13.5 Å². The Kier molecular flexibility index (Phi) is 3.72. The largest absolute Gasteiger partial charge is 0.493 e. The average molecular weight is 247 g/mol. The summed E-state index contributed by atoms with van der Waals surface area (Å²) in [6.45, 7) is 3.17. The third kappa shape index (κ3) is 2.94. The fraction of sp³-hybridized carbons (Fsp3) is 0.308. The van der Waals surface area contributed by atoms with Crippen LogP contribution in [0.3, 0.4) is 0 Å². The molecule has 2 aromatic rings. The highest BCUT2D eigenvalue weighted by Gasteiger charge is 2.04. The predicted molar refractivity (Wildman–Crippen MR) is 69.9 cm³/mol. The highest BCUT2D eigenvalue weighted by atomic mass is 16.5. The number of nitrogens with two attached hydrogens (primary N) is 1. The quantitative estimate of drug-likeness (QED) is 0.876. The van der Waals surface area contributed by atoms with E-state index in [0.29, 0.717) is 19.0 Å². The molecule has 0 unspecified atom stereocenters. The molecule has 0 aliphatic heterocycles. The molecule has 0 amide bonds. The number of nitrogens with zero attached hydrogens (tertiary/aromatic N) is 2. The summed E-state index contributed by atoms with van der Waals surface area (Å²) in [5.74, 6) is 2.00. The molecule has 0 fully saturated rings. The van der Waals surface area contributed by atoms with Gasteiger partial charge in [-0.05, 0) is 30.7 Å². The zero-order valence-electron chi connectivity index (χ0n) is 10.6. The number of benzene rings is 1. The lowest BCUT2D eigenvalue weighted by atomic mass is 10.2. The lowest BCUT2D eigenvalue weighted by Crippen LogP contribution is -2.09. The van der Waals surface area contributed by atoms with Crippen LogP contribution in [0.5, 0.6) is 11.5 Å². The first-order valence-corrected chi connectivity index (χ1v) is 5.75.